The maximum absolute atomic E-state index is 13.0. The smallest absolute Gasteiger partial charge is 0.255 e. The fourth-order valence-electron chi connectivity index (χ4n) is 3.33. The number of hydrogen-bond acceptors (Lipinski definition) is 3. The fourth-order valence-corrected chi connectivity index (χ4v) is 3.33. The molecular weight excluding hydrogens is 372 g/mol. The van der Waals surface area contributed by atoms with Crippen LogP contribution in [0.15, 0.2) is 85.3 Å². The van der Waals surface area contributed by atoms with Gasteiger partial charge in [0.15, 0.2) is 0 Å². The van der Waals surface area contributed by atoms with Gasteiger partial charge in [-0.25, -0.2) is 0 Å². The van der Waals surface area contributed by atoms with E-state index < -0.39 is 0 Å². The number of carbonyl (C=O) groups excluding carboxylic acids is 1. The third-order valence-corrected chi connectivity index (χ3v) is 5.01. The molecule has 0 atom stereocenters. The lowest BCUT2D eigenvalue weighted by atomic mass is 10.0. The van der Waals surface area contributed by atoms with Crippen molar-refractivity contribution < 1.29 is 4.79 Å². The number of amides is 1. The molecule has 2 heterocycles. The summed E-state index contributed by atoms with van der Waals surface area (Å²) in [6.45, 7) is 3.16. The topological polar surface area (TPSA) is 59.8 Å². The first-order chi connectivity index (χ1) is 14.7. The maximum Gasteiger partial charge on any atom is 0.255 e. The zero-order valence-electron chi connectivity index (χ0n) is 17.0. The lowest BCUT2D eigenvalue weighted by Crippen LogP contribution is -2.23. The van der Waals surface area contributed by atoms with Crippen molar-refractivity contribution in [1.29, 1.82) is 0 Å². The van der Waals surface area contributed by atoms with Crippen LogP contribution >= 0.6 is 0 Å². The average Bonchev–Trinajstić information content (AvgIpc) is 3.22. The van der Waals surface area contributed by atoms with Gasteiger partial charge in [-0.05, 0) is 29.2 Å². The van der Waals surface area contributed by atoms with E-state index in [0.717, 1.165) is 23.1 Å². The maximum atomic E-state index is 13.0. The van der Waals surface area contributed by atoms with Crippen LogP contribution in [0.25, 0.3) is 11.3 Å². The van der Waals surface area contributed by atoms with Gasteiger partial charge < -0.3 is 5.32 Å². The molecule has 2 aromatic carbocycles. The van der Waals surface area contributed by atoms with Crippen LogP contribution < -0.4 is 5.32 Å². The zero-order chi connectivity index (χ0) is 20.8. The van der Waals surface area contributed by atoms with Gasteiger partial charge in [-0.3, -0.25) is 14.5 Å². The van der Waals surface area contributed by atoms with Crippen LogP contribution in [0.2, 0.25) is 0 Å². The van der Waals surface area contributed by atoms with Gasteiger partial charge in [-0.1, -0.05) is 67.6 Å². The number of aromatic nitrogens is 3. The van der Waals surface area contributed by atoms with Crippen LogP contribution in [0, 0.1) is 0 Å². The molecule has 0 saturated carbocycles. The Kier molecular flexibility index (Phi) is 5.99. The van der Waals surface area contributed by atoms with E-state index in [1.165, 1.54) is 5.56 Å². The highest BCUT2D eigenvalue weighted by Crippen LogP contribution is 2.23. The highest BCUT2D eigenvalue weighted by molar-refractivity contribution is 5.99. The largest absolute Gasteiger partial charge is 0.348 e. The molecule has 0 radical (unpaired) electrons. The van der Waals surface area contributed by atoms with Crippen molar-refractivity contribution in [3.8, 4) is 11.3 Å². The Hall–Kier alpha value is -3.73. The first kappa shape index (κ1) is 19.6. The molecule has 2 aromatic heterocycles. The highest BCUT2D eigenvalue weighted by atomic mass is 16.1. The van der Waals surface area contributed by atoms with Gasteiger partial charge in [0.05, 0.1) is 12.1 Å². The van der Waals surface area contributed by atoms with Gasteiger partial charge in [0.2, 0.25) is 0 Å². The molecule has 1 N–H and O–H groups in total. The van der Waals surface area contributed by atoms with Gasteiger partial charge >= 0.3 is 0 Å². The third kappa shape index (κ3) is 4.63. The van der Waals surface area contributed by atoms with E-state index in [0.29, 0.717) is 24.3 Å². The Morgan fingerprint density at radius 2 is 1.70 bits per heavy atom. The first-order valence-corrected chi connectivity index (χ1v) is 10.1. The minimum atomic E-state index is -0.146. The summed E-state index contributed by atoms with van der Waals surface area (Å²) in [6, 6.07) is 22.2. The van der Waals surface area contributed by atoms with Gasteiger partial charge in [0.1, 0.15) is 5.69 Å². The van der Waals surface area contributed by atoms with Crippen LogP contribution in [0.4, 0.5) is 0 Å². The predicted octanol–water partition coefficient (Wildman–Crippen LogP) is 4.49. The standard InChI is InChI=1S/C25H24N4O/c1-2-19-10-12-22(13-11-19)24-23(25(30)27-16-21-9-6-14-26-15-21)18-29(28-24)17-20-7-4-3-5-8-20/h3-15,18H,2,16-17H2,1H3,(H,27,30). The first-order valence-electron chi connectivity index (χ1n) is 10.1. The molecule has 0 spiro atoms. The normalized spacial score (nSPS) is 10.7. The average molecular weight is 396 g/mol. The lowest BCUT2D eigenvalue weighted by Gasteiger charge is -2.06. The van der Waals surface area contributed by atoms with E-state index in [1.54, 1.807) is 12.4 Å². The van der Waals surface area contributed by atoms with Crippen molar-refractivity contribution in [3.63, 3.8) is 0 Å². The monoisotopic (exact) mass is 396 g/mol. The molecule has 150 valence electrons. The van der Waals surface area contributed by atoms with Gasteiger partial charge in [0, 0.05) is 30.7 Å². The molecule has 0 unspecified atom stereocenters. The quantitative estimate of drug-likeness (QED) is 0.501. The number of nitrogens with one attached hydrogen (secondary N) is 1. The van der Waals surface area contributed by atoms with Crippen molar-refractivity contribution in [1.82, 2.24) is 20.1 Å². The summed E-state index contributed by atoms with van der Waals surface area (Å²) in [4.78, 5) is 17.1. The Morgan fingerprint density at radius 1 is 0.933 bits per heavy atom. The molecule has 0 bridgehead atoms. The summed E-state index contributed by atoms with van der Waals surface area (Å²) in [7, 11) is 0. The molecule has 1 amide bonds. The molecule has 4 rings (SSSR count). The minimum absolute atomic E-state index is 0.146. The van der Waals surface area contributed by atoms with E-state index in [1.807, 2.05) is 53.3 Å². The van der Waals surface area contributed by atoms with Crippen LogP contribution in [-0.2, 0) is 19.5 Å². The van der Waals surface area contributed by atoms with E-state index in [9.17, 15) is 4.79 Å². The number of pyridine rings is 1. The second kappa shape index (κ2) is 9.18. The molecule has 0 fully saturated rings. The molecule has 4 aromatic rings. The molecule has 0 aliphatic heterocycles. The summed E-state index contributed by atoms with van der Waals surface area (Å²) >= 11 is 0. The second-order valence-electron chi connectivity index (χ2n) is 7.17. The molecule has 0 aliphatic carbocycles. The number of hydrogen-bond donors (Lipinski definition) is 1. The third-order valence-electron chi connectivity index (χ3n) is 5.01. The fraction of sp³-hybridized carbons (Fsp3) is 0.160. The highest BCUT2D eigenvalue weighted by Gasteiger charge is 2.18. The number of carbonyl (C=O) groups is 1. The van der Waals surface area contributed by atoms with Crippen LogP contribution in [0.3, 0.4) is 0 Å². The van der Waals surface area contributed by atoms with E-state index in [2.05, 4.69) is 41.5 Å². The summed E-state index contributed by atoms with van der Waals surface area (Å²) in [5.74, 6) is -0.146. The van der Waals surface area contributed by atoms with Crippen LogP contribution in [-0.4, -0.2) is 20.7 Å². The second-order valence-corrected chi connectivity index (χ2v) is 7.17. The van der Waals surface area contributed by atoms with E-state index in [-0.39, 0.29) is 5.91 Å². The molecule has 0 saturated heterocycles. The zero-order valence-corrected chi connectivity index (χ0v) is 17.0. The number of aryl methyl sites for hydroxylation is 1. The van der Waals surface area contributed by atoms with Gasteiger partial charge in [0.25, 0.3) is 5.91 Å². The van der Waals surface area contributed by atoms with Gasteiger partial charge in [-0.2, -0.15) is 5.10 Å². The molecule has 5 heteroatoms. The van der Waals surface area contributed by atoms with Gasteiger partial charge in [-0.15, -0.1) is 0 Å². The molecular formula is C25H24N4O. The van der Waals surface area contributed by atoms with Crippen molar-refractivity contribution in [2.45, 2.75) is 26.4 Å². The lowest BCUT2D eigenvalue weighted by molar-refractivity contribution is 0.0951. The Balaban J connectivity index is 1.62. The predicted molar refractivity (Wildman–Crippen MR) is 118 cm³/mol. The SMILES string of the molecule is CCc1ccc(-c2nn(Cc3ccccc3)cc2C(=O)NCc2cccnc2)cc1. The molecule has 30 heavy (non-hydrogen) atoms. The van der Waals surface area contributed by atoms with Crippen molar-refractivity contribution >= 4 is 5.91 Å². The van der Waals surface area contributed by atoms with Crippen LogP contribution in [0.5, 0.6) is 0 Å². The summed E-state index contributed by atoms with van der Waals surface area (Å²) < 4.78 is 1.83. The Morgan fingerprint density at radius 3 is 2.40 bits per heavy atom. The van der Waals surface area contributed by atoms with E-state index >= 15 is 0 Å². The molecule has 5 nitrogen and oxygen atoms in total. The Labute approximate surface area is 176 Å². The summed E-state index contributed by atoms with van der Waals surface area (Å²) in [5.41, 5.74) is 5.54. The molecule has 0 aliphatic rings. The summed E-state index contributed by atoms with van der Waals surface area (Å²) in [5, 5.41) is 7.74. The minimum Gasteiger partial charge on any atom is -0.348 e. The van der Waals surface area contributed by atoms with Crippen LogP contribution in [0.1, 0.15) is 34.0 Å². The number of nitrogens with zero attached hydrogens (tertiary/aromatic N) is 3. The number of benzene rings is 2. The van der Waals surface area contributed by atoms with E-state index in [4.69, 9.17) is 5.10 Å². The van der Waals surface area contributed by atoms with Crippen molar-refractivity contribution in [3.05, 3.63) is 108 Å². The summed E-state index contributed by atoms with van der Waals surface area (Å²) in [6.07, 6.45) is 6.27. The van der Waals surface area contributed by atoms with Crippen molar-refractivity contribution in [2.24, 2.45) is 0 Å². The number of rotatable bonds is 7. The Bertz CT molecular complexity index is 1100. The van der Waals surface area contributed by atoms with Crippen molar-refractivity contribution in [2.75, 3.05) is 0 Å².